The van der Waals surface area contributed by atoms with Crippen LogP contribution in [-0.2, 0) is 19.0 Å². The fourth-order valence-electron chi connectivity index (χ4n) is 1.71. The smallest absolute Gasteiger partial charge is 0.303 e. The van der Waals surface area contributed by atoms with E-state index in [2.05, 4.69) is 10.0 Å². The van der Waals surface area contributed by atoms with Gasteiger partial charge in [-0.1, -0.05) is 5.11 Å². The Balaban J connectivity index is 2.77. The molecule has 16 heavy (non-hydrogen) atoms. The van der Waals surface area contributed by atoms with Crippen molar-refractivity contribution in [1.82, 2.24) is 0 Å². The maximum Gasteiger partial charge on any atom is 0.303 e. The van der Waals surface area contributed by atoms with Crippen LogP contribution in [-0.4, -0.2) is 37.6 Å². The summed E-state index contributed by atoms with van der Waals surface area (Å²) in [6.45, 7) is 3.06. The number of nitrogens with zero attached hydrogens (tertiary/aromatic N) is 3. The molecule has 1 heterocycles. The van der Waals surface area contributed by atoms with Crippen LogP contribution in [0.1, 0.15) is 20.3 Å². The molecule has 1 aliphatic heterocycles. The van der Waals surface area contributed by atoms with Crippen molar-refractivity contribution in [2.45, 2.75) is 44.8 Å². The summed E-state index contributed by atoms with van der Waals surface area (Å²) >= 11 is 0. The van der Waals surface area contributed by atoms with E-state index in [-0.39, 0.29) is 6.10 Å². The Morgan fingerprint density at radius 3 is 2.81 bits per heavy atom. The predicted octanol–water partition coefficient (Wildman–Crippen LogP) is 1.38. The summed E-state index contributed by atoms with van der Waals surface area (Å²) in [4.78, 5) is 13.7. The molecule has 0 aromatic carbocycles. The number of methoxy groups -OCH3 is 1. The molecule has 0 N–H and O–H groups in total. The van der Waals surface area contributed by atoms with Gasteiger partial charge in [0, 0.05) is 25.4 Å². The van der Waals surface area contributed by atoms with E-state index < -0.39 is 24.4 Å². The molecule has 1 aliphatic rings. The minimum absolute atomic E-state index is 0.363. The summed E-state index contributed by atoms with van der Waals surface area (Å²) in [7, 11) is 1.51. The molecule has 0 saturated carbocycles. The fraction of sp³-hybridized carbons (Fsp3) is 0.889. The number of carbonyl (C=O) groups is 1. The molecule has 0 aromatic rings. The minimum atomic E-state index is -0.556. The standard InChI is InChI=1S/C9H15N3O4/c1-5-9(16-6(2)13)7(11-12-10)4-8(14-3)15-5/h5,7-9H,4H2,1-3H3/t5-,7-,8+,9-/m1/s1. The Morgan fingerprint density at radius 1 is 1.62 bits per heavy atom. The van der Waals surface area contributed by atoms with Gasteiger partial charge < -0.3 is 14.2 Å². The summed E-state index contributed by atoms with van der Waals surface area (Å²) in [5.74, 6) is -0.422. The quantitative estimate of drug-likeness (QED) is 0.316. The zero-order chi connectivity index (χ0) is 12.1. The van der Waals surface area contributed by atoms with Crippen LogP contribution in [0.15, 0.2) is 5.11 Å². The SMILES string of the molecule is CO[C@@H]1C[C@@H](N=[N+]=[N-])[C@H](OC(C)=O)[C@@H](C)O1. The summed E-state index contributed by atoms with van der Waals surface area (Å²) in [5.41, 5.74) is 8.45. The summed E-state index contributed by atoms with van der Waals surface area (Å²) < 4.78 is 15.6. The molecule has 0 bridgehead atoms. The normalized spacial score (nSPS) is 33.9. The molecule has 7 heteroatoms. The molecule has 1 saturated heterocycles. The Labute approximate surface area is 93.3 Å². The van der Waals surface area contributed by atoms with E-state index in [0.29, 0.717) is 6.42 Å². The first-order chi connectivity index (χ1) is 7.58. The highest BCUT2D eigenvalue weighted by Crippen LogP contribution is 2.25. The van der Waals surface area contributed by atoms with Gasteiger partial charge in [-0.25, -0.2) is 0 Å². The van der Waals surface area contributed by atoms with Gasteiger partial charge in [0.25, 0.3) is 0 Å². The Bertz CT molecular complexity index is 303. The van der Waals surface area contributed by atoms with E-state index in [4.69, 9.17) is 19.7 Å². The second-order valence-electron chi connectivity index (χ2n) is 3.59. The topological polar surface area (TPSA) is 93.5 Å². The maximum atomic E-state index is 10.9. The van der Waals surface area contributed by atoms with Gasteiger partial charge in [-0.15, -0.1) is 0 Å². The van der Waals surface area contributed by atoms with Gasteiger partial charge in [0.15, 0.2) is 6.29 Å². The van der Waals surface area contributed by atoms with Crippen LogP contribution >= 0.6 is 0 Å². The molecule has 0 spiro atoms. The average molecular weight is 229 g/mol. The third-order valence-electron chi connectivity index (χ3n) is 2.41. The van der Waals surface area contributed by atoms with Crippen LogP contribution in [0.2, 0.25) is 0 Å². The second-order valence-corrected chi connectivity index (χ2v) is 3.59. The largest absolute Gasteiger partial charge is 0.459 e. The third kappa shape index (κ3) is 3.10. The van der Waals surface area contributed by atoms with Crippen molar-refractivity contribution in [1.29, 1.82) is 0 Å². The Morgan fingerprint density at radius 2 is 2.31 bits per heavy atom. The van der Waals surface area contributed by atoms with E-state index in [0.717, 1.165) is 0 Å². The van der Waals surface area contributed by atoms with E-state index in [9.17, 15) is 4.79 Å². The van der Waals surface area contributed by atoms with E-state index in [1.54, 1.807) is 6.92 Å². The van der Waals surface area contributed by atoms with Gasteiger partial charge in [0.05, 0.1) is 12.1 Å². The molecule has 0 aromatic heterocycles. The number of rotatable bonds is 3. The first kappa shape index (κ1) is 12.8. The summed E-state index contributed by atoms with van der Waals surface area (Å²) in [5, 5.41) is 3.61. The van der Waals surface area contributed by atoms with Crippen molar-refractivity contribution in [3.8, 4) is 0 Å². The highest BCUT2D eigenvalue weighted by atomic mass is 16.7. The highest BCUT2D eigenvalue weighted by Gasteiger charge is 2.38. The van der Waals surface area contributed by atoms with Crippen molar-refractivity contribution in [3.63, 3.8) is 0 Å². The van der Waals surface area contributed by atoms with Crippen LogP contribution in [0.25, 0.3) is 10.4 Å². The molecule has 0 unspecified atom stereocenters. The first-order valence-corrected chi connectivity index (χ1v) is 4.98. The number of carbonyl (C=O) groups excluding carboxylic acids is 1. The average Bonchev–Trinajstić information content (AvgIpc) is 2.22. The van der Waals surface area contributed by atoms with Crippen molar-refractivity contribution in [2.75, 3.05) is 7.11 Å². The Hall–Kier alpha value is -1.30. The molecular weight excluding hydrogens is 214 g/mol. The highest BCUT2D eigenvalue weighted by molar-refractivity contribution is 5.66. The van der Waals surface area contributed by atoms with Crippen LogP contribution in [0.5, 0.6) is 0 Å². The number of hydrogen-bond acceptors (Lipinski definition) is 5. The fourth-order valence-corrected chi connectivity index (χ4v) is 1.71. The molecule has 4 atom stereocenters. The molecule has 0 amide bonds. The van der Waals surface area contributed by atoms with Gasteiger partial charge in [0.1, 0.15) is 6.10 Å². The zero-order valence-electron chi connectivity index (χ0n) is 9.49. The van der Waals surface area contributed by atoms with Crippen LogP contribution in [0.4, 0.5) is 0 Å². The minimum Gasteiger partial charge on any atom is -0.459 e. The third-order valence-corrected chi connectivity index (χ3v) is 2.41. The monoisotopic (exact) mass is 229 g/mol. The lowest BCUT2D eigenvalue weighted by molar-refractivity contribution is -0.220. The number of azide groups is 1. The van der Waals surface area contributed by atoms with Crippen LogP contribution < -0.4 is 0 Å². The van der Waals surface area contributed by atoms with Crippen LogP contribution in [0.3, 0.4) is 0 Å². The van der Waals surface area contributed by atoms with Gasteiger partial charge >= 0.3 is 5.97 Å². The molecule has 90 valence electrons. The lowest BCUT2D eigenvalue weighted by Crippen LogP contribution is -2.48. The molecular formula is C9H15N3O4. The van der Waals surface area contributed by atoms with Gasteiger partial charge in [-0.3, -0.25) is 4.79 Å². The van der Waals surface area contributed by atoms with E-state index in [1.165, 1.54) is 14.0 Å². The molecule has 0 radical (unpaired) electrons. The Kier molecular flexibility index (Phi) is 4.54. The molecule has 7 nitrogen and oxygen atoms in total. The van der Waals surface area contributed by atoms with Gasteiger partial charge in [0.2, 0.25) is 0 Å². The number of hydrogen-bond donors (Lipinski definition) is 0. The van der Waals surface area contributed by atoms with E-state index in [1.807, 2.05) is 0 Å². The molecule has 1 rings (SSSR count). The van der Waals surface area contributed by atoms with Crippen molar-refractivity contribution >= 4 is 5.97 Å². The lowest BCUT2D eigenvalue weighted by atomic mass is 10.0. The summed E-state index contributed by atoms with van der Waals surface area (Å²) in [6.07, 6.45) is -0.974. The zero-order valence-corrected chi connectivity index (χ0v) is 9.49. The number of ether oxygens (including phenoxy) is 3. The van der Waals surface area contributed by atoms with Crippen LogP contribution in [0, 0.1) is 0 Å². The molecule has 0 aliphatic carbocycles. The lowest BCUT2D eigenvalue weighted by Gasteiger charge is -2.37. The second kappa shape index (κ2) is 5.69. The predicted molar refractivity (Wildman–Crippen MR) is 54.4 cm³/mol. The van der Waals surface area contributed by atoms with Crippen molar-refractivity contribution < 1.29 is 19.0 Å². The molecule has 1 fully saturated rings. The first-order valence-electron chi connectivity index (χ1n) is 4.98. The van der Waals surface area contributed by atoms with Gasteiger partial charge in [-0.05, 0) is 12.5 Å². The van der Waals surface area contributed by atoms with Gasteiger partial charge in [-0.2, -0.15) is 0 Å². The van der Waals surface area contributed by atoms with Crippen molar-refractivity contribution in [2.24, 2.45) is 5.11 Å². The maximum absolute atomic E-state index is 10.9. The van der Waals surface area contributed by atoms with E-state index >= 15 is 0 Å². The summed E-state index contributed by atoms with van der Waals surface area (Å²) in [6, 6.07) is -0.456. The number of esters is 1. The van der Waals surface area contributed by atoms with Crippen molar-refractivity contribution in [3.05, 3.63) is 10.4 Å².